The molecule has 0 aliphatic carbocycles. The first-order valence-electron chi connectivity index (χ1n) is 7.68. The number of aromatic nitrogens is 2. The molecule has 0 spiro atoms. The third-order valence-corrected chi connectivity index (χ3v) is 4.79. The molecular weight excluding hydrogens is 359 g/mol. The van der Waals surface area contributed by atoms with Crippen molar-refractivity contribution < 1.29 is 27.2 Å². The minimum absolute atomic E-state index is 0.0966. The average molecular weight is 375 g/mol. The second-order valence-corrected chi connectivity index (χ2v) is 7.26. The van der Waals surface area contributed by atoms with Gasteiger partial charge in [-0.25, -0.2) is 4.79 Å². The van der Waals surface area contributed by atoms with Gasteiger partial charge in [0.2, 0.25) is 5.82 Å². The summed E-state index contributed by atoms with van der Waals surface area (Å²) in [5, 5.41) is 3.40. The van der Waals surface area contributed by atoms with Gasteiger partial charge in [0.05, 0.1) is 18.0 Å². The van der Waals surface area contributed by atoms with E-state index in [1.807, 2.05) is 13.8 Å². The van der Waals surface area contributed by atoms with Crippen LogP contribution >= 0.6 is 11.3 Å². The molecule has 0 bridgehead atoms. The van der Waals surface area contributed by atoms with Crippen molar-refractivity contribution in [3.63, 3.8) is 0 Å². The fourth-order valence-electron chi connectivity index (χ4n) is 2.37. The van der Waals surface area contributed by atoms with Gasteiger partial charge in [-0.2, -0.15) is 18.2 Å². The van der Waals surface area contributed by atoms with E-state index < -0.39 is 12.1 Å². The van der Waals surface area contributed by atoms with E-state index in [0.29, 0.717) is 31.0 Å². The Morgan fingerprint density at radius 3 is 2.88 bits per heavy atom. The highest BCUT2D eigenvalue weighted by Crippen LogP contribution is 2.35. The molecule has 2 aromatic heterocycles. The Hall–Kier alpha value is -2.10. The van der Waals surface area contributed by atoms with Crippen molar-refractivity contribution in [3.8, 4) is 10.7 Å². The zero-order valence-corrected chi connectivity index (χ0v) is 14.4. The molecule has 0 unspecified atom stereocenters. The lowest BCUT2D eigenvalue weighted by Gasteiger charge is -2.26. The average Bonchev–Trinajstić information content (AvgIpc) is 3.17. The normalized spacial score (nSPS) is 14.7. The highest BCUT2D eigenvalue weighted by atomic mass is 32.1. The molecule has 0 aromatic carbocycles. The molecule has 10 heteroatoms. The van der Waals surface area contributed by atoms with E-state index in [0.717, 1.165) is 10.4 Å². The fraction of sp³-hybridized carbons (Fsp3) is 0.533. The first-order valence-corrected chi connectivity index (χ1v) is 8.50. The number of hydrogen-bond donors (Lipinski definition) is 0. The maximum atomic E-state index is 12.6. The minimum atomic E-state index is -4.67. The number of fused-ring (bicyclic) bond motifs is 1. The van der Waals surface area contributed by atoms with Crippen LogP contribution in [0.4, 0.5) is 18.0 Å². The molecule has 1 aliphatic heterocycles. The molecule has 25 heavy (non-hydrogen) atoms. The molecule has 0 saturated heterocycles. The van der Waals surface area contributed by atoms with Crippen molar-refractivity contribution in [2.24, 2.45) is 5.92 Å². The lowest BCUT2D eigenvalue weighted by molar-refractivity contribution is -0.159. The molecule has 0 N–H and O–H groups in total. The van der Waals surface area contributed by atoms with Gasteiger partial charge in [-0.15, -0.1) is 11.3 Å². The molecule has 1 amide bonds. The zero-order chi connectivity index (χ0) is 18.2. The van der Waals surface area contributed by atoms with Crippen LogP contribution in [0.25, 0.3) is 10.7 Å². The maximum Gasteiger partial charge on any atom is 0.471 e. The van der Waals surface area contributed by atoms with Gasteiger partial charge in [0.15, 0.2) is 0 Å². The molecular formula is C15H16F3N3O3S. The summed E-state index contributed by atoms with van der Waals surface area (Å²) in [7, 11) is 0. The smallest absolute Gasteiger partial charge is 0.449 e. The van der Waals surface area contributed by atoms with E-state index in [2.05, 4.69) is 14.7 Å². The predicted octanol–water partition coefficient (Wildman–Crippen LogP) is 3.97. The first-order chi connectivity index (χ1) is 11.7. The highest BCUT2D eigenvalue weighted by Gasteiger charge is 2.38. The predicted molar refractivity (Wildman–Crippen MR) is 82.9 cm³/mol. The number of hydrogen-bond acceptors (Lipinski definition) is 6. The zero-order valence-electron chi connectivity index (χ0n) is 13.6. The molecule has 0 atom stereocenters. The van der Waals surface area contributed by atoms with Gasteiger partial charge in [-0.1, -0.05) is 19.0 Å². The maximum absolute atomic E-state index is 12.6. The number of nitrogens with zero attached hydrogens (tertiary/aromatic N) is 3. The largest absolute Gasteiger partial charge is 0.471 e. The topological polar surface area (TPSA) is 68.5 Å². The Bertz CT molecular complexity index is 770. The number of carbonyl (C=O) groups is 1. The standard InChI is InChI=1S/C15H16F3N3O3S/c1-8(2)7-23-14(22)21-4-3-10-9(6-21)5-11(25-10)12-19-13(24-20-12)15(16,17)18/h5,8H,3-4,6-7H2,1-2H3. The van der Waals surface area contributed by atoms with Gasteiger partial charge in [0.1, 0.15) is 0 Å². The molecule has 0 saturated carbocycles. The summed E-state index contributed by atoms with van der Waals surface area (Å²) >= 11 is 1.31. The van der Waals surface area contributed by atoms with Crippen LogP contribution in [0.1, 0.15) is 30.2 Å². The van der Waals surface area contributed by atoms with Crippen LogP contribution in [0.15, 0.2) is 10.6 Å². The van der Waals surface area contributed by atoms with Crippen LogP contribution < -0.4 is 0 Å². The molecule has 136 valence electrons. The van der Waals surface area contributed by atoms with E-state index in [1.54, 1.807) is 11.0 Å². The number of thiophene rings is 1. The molecule has 0 fully saturated rings. The molecule has 3 heterocycles. The molecule has 6 nitrogen and oxygen atoms in total. The number of amides is 1. The third kappa shape index (κ3) is 3.94. The first kappa shape index (κ1) is 17.7. The molecule has 3 rings (SSSR count). The summed E-state index contributed by atoms with van der Waals surface area (Å²) in [4.78, 5) is 18.5. The molecule has 1 aliphatic rings. The Balaban J connectivity index is 1.73. The Morgan fingerprint density at radius 2 is 2.24 bits per heavy atom. The Kier molecular flexibility index (Phi) is 4.72. The summed E-state index contributed by atoms with van der Waals surface area (Å²) < 4.78 is 47.2. The second kappa shape index (κ2) is 6.66. The van der Waals surface area contributed by atoms with Crippen molar-refractivity contribution in [1.82, 2.24) is 15.0 Å². The van der Waals surface area contributed by atoms with Gasteiger partial charge >= 0.3 is 18.2 Å². The number of halogens is 3. The van der Waals surface area contributed by atoms with Gasteiger partial charge < -0.3 is 14.2 Å². The lowest BCUT2D eigenvalue weighted by atomic mass is 10.1. The second-order valence-electron chi connectivity index (χ2n) is 6.12. The van der Waals surface area contributed by atoms with Crippen LogP contribution in [-0.4, -0.2) is 34.3 Å². The highest BCUT2D eigenvalue weighted by molar-refractivity contribution is 7.15. The van der Waals surface area contributed by atoms with Crippen molar-refractivity contribution in [1.29, 1.82) is 0 Å². The van der Waals surface area contributed by atoms with Gasteiger partial charge in [-0.05, 0) is 24.0 Å². The minimum Gasteiger partial charge on any atom is -0.449 e. The molecule has 2 aromatic rings. The summed E-state index contributed by atoms with van der Waals surface area (Å²) in [6.45, 7) is 5.11. The van der Waals surface area contributed by atoms with Crippen molar-refractivity contribution in [2.45, 2.75) is 33.0 Å². The van der Waals surface area contributed by atoms with E-state index in [1.165, 1.54) is 11.3 Å². The summed E-state index contributed by atoms with van der Waals surface area (Å²) in [5.74, 6) is -1.22. The summed E-state index contributed by atoms with van der Waals surface area (Å²) in [6.07, 6.45) is -4.44. The van der Waals surface area contributed by atoms with E-state index in [9.17, 15) is 18.0 Å². The van der Waals surface area contributed by atoms with Crippen LogP contribution in [0.3, 0.4) is 0 Å². The summed E-state index contributed by atoms with van der Waals surface area (Å²) in [5.41, 5.74) is 0.867. The number of ether oxygens (including phenoxy) is 1. The Morgan fingerprint density at radius 1 is 1.48 bits per heavy atom. The van der Waals surface area contributed by atoms with E-state index in [4.69, 9.17) is 4.74 Å². The van der Waals surface area contributed by atoms with Crippen LogP contribution in [-0.2, 0) is 23.9 Å². The molecule has 0 radical (unpaired) electrons. The van der Waals surface area contributed by atoms with Crippen molar-refractivity contribution >= 4 is 17.4 Å². The van der Waals surface area contributed by atoms with Crippen LogP contribution in [0, 0.1) is 5.92 Å². The lowest BCUT2D eigenvalue weighted by Crippen LogP contribution is -2.36. The number of alkyl halides is 3. The van der Waals surface area contributed by atoms with Crippen LogP contribution in [0.2, 0.25) is 0 Å². The van der Waals surface area contributed by atoms with Gasteiger partial charge in [0, 0.05) is 11.4 Å². The fourth-order valence-corrected chi connectivity index (χ4v) is 3.46. The monoisotopic (exact) mass is 375 g/mol. The van der Waals surface area contributed by atoms with Crippen molar-refractivity contribution in [3.05, 3.63) is 22.4 Å². The number of rotatable bonds is 3. The quantitative estimate of drug-likeness (QED) is 0.812. The van der Waals surface area contributed by atoms with E-state index >= 15 is 0 Å². The Labute approximate surface area is 145 Å². The van der Waals surface area contributed by atoms with Crippen LogP contribution in [0.5, 0.6) is 0 Å². The summed E-state index contributed by atoms with van der Waals surface area (Å²) in [6, 6.07) is 1.70. The van der Waals surface area contributed by atoms with Crippen molar-refractivity contribution in [2.75, 3.05) is 13.2 Å². The third-order valence-electron chi connectivity index (χ3n) is 3.55. The van der Waals surface area contributed by atoms with Gasteiger partial charge in [-0.3, -0.25) is 0 Å². The van der Waals surface area contributed by atoms with E-state index in [-0.39, 0.29) is 17.8 Å². The number of carbonyl (C=O) groups excluding carboxylic acids is 1. The van der Waals surface area contributed by atoms with Gasteiger partial charge in [0.25, 0.3) is 0 Å². The SMILES string of the molecule is CC(C)COC(=O)N1CCc2sc(-c3noc(C(F)(F)F)n3)cc2C1.